The van der Waals surface area contributed by atoms with Crippen LogP contribution in [0.1, 0.15) is 24.0 Å². The van der Waals surface area contributed by atoms with E-state index in [1.165, 1.54) is 12.1 Å². The number of aliphatic imine (C=N–C) groups is 1. The quantitative estimate of drug-likeness (QED) is 0.434. The minimum absolute atomic E-state index is 0.0410. The average molecular weight is 496 g/mol. The molecule has 10 heteroatoms. The third kappa shape index (κ3) is 4.38. The molecule has 2 unspecified atom stereocenters. The molecule has 2 aliphatic heterocycles. The Bertz CT molecular complexity index is 1300. The normalized spacial score (nSPS) is 23.0. The van der Waals surface area contributed by atoms with Gasteiger partial charge in [-0.3, -0.25) is 10.7 Å². The lowest BCUT2D eigenvalue weighted by Crippen LogP contribution is -2.67. The van der Waals surface area contributed by atoms with Crippen LogP contribution in [0.5, 0.6) is 5.75 Å². The summed E-state index contributed by atoms with van der Waals surface area (Å²) in [7, 11) is 1.61. The third-order valence-corrected chi connectivity index (χ3v) is 6.51. The maximum atomic E-state index is 13.6. The first kappa shape index (κ1) is 23.3. The van der Waals surface area contributed by atoms with Crippen LogP contribution < -0.4 is 26.4 Å². The molecule has 5 N–H and O–H groups in total. The number of aromatic nitrogens is 2. The monoisotopic (exact) mass is 495 g/mol. The molecule has 35 heavy (non-hydrogen) atoms. The van der Waals surface area contributed by atoms with Gasteiger partial charge in [-0.05, 0) is 36.8 Å². The van der Waals surface area contributed by atoms with Gasteiger partial charge in [0.15, 0.2) is 5.79 Å². The van der Waals surface area contributed by atoms with Gasteiger partial charge in [0, 0.05) is 48.6 Å². The Morgan fingerprint density at radius 3 is 2.74 bits per heavy atom. The van der Waals surface area contributed by atoms with Crippen molar-refractivity contribution in [3.05, 3.63) is 88.4 Å². The zero-order valence-electron chi connectivity index (χ0n) is 19.5. The maximum absolute atomic E-state index is 13.6. The molecule has 0 radical (unpaired) electrons. The summed E-state index contributed by atoms with van der Waals surface area (Å²) in [6.07, 6.45) is 3.33. The molecule has 2 aliphatic rings. The molecule has 1 aromatic heterocycles. The molecule has 0 amide bonds. The Labute approximate surface area is 208 Å². The van der Waals surface area contributed by atoms with Gasteiger partial charge in [-0.25, -0.2) is 9.37 Å². The number of amidine groups is 1. The van der Waals surface area contributed by atoms with Crippen molar-refractivity contribution in [1.29, 1.82) is 0 Å². The summed E-state index contributed by atoms with van der Waals surface area (Å²) in [5.41, 5.74) is 11.5. The Hall–Kier alpha value is -3.40. The van der Waals surface area contributed by atoms with Crippen LogP contribution in [0.3, 0.4) is 0 Å². The zero-order valence-corrected chi connectivity index (χ0v) is 20.2. The van der Waals surface area contributed by atoms with Crippen LogP contribution in [-0.4, -0.2) is 42.1 Å². The highest BCUT2D eigenvalue weighted by molar-refractivity contribution is 6.29. The Balaban J connectivity index is 1.57. The van der Waals surface area contributed by atoms with Gasteiger partial charge < -0.3 is 25.3 Å². The van der Waals surface area contributed by atoms with Crippen LogP contribution in [0.2, 0.25) is 5.15 Å². The standard InChI is InChI=1S/C25H27ClFN7O/c1-3-30-24-19-12-29-11-18(15-4-7-17(27)8-5-15)23(19)32-25(28,33-24)16-6-9-20(21(10-16)35-2)34-13-22(26)31-14-34/h4-10,13-14,18,29,32H,3,11-12,28H2,1-2H3,(H,30,33). The lowest BCUT2D eigenvalue weighted by molar-refractivity contribution is 0.316. The van der Waals surface area contributed by atoms with Crippen molar-refractivity contribution in [3.8, 4) is 11.4 Å². The molecule has 3 aromatic rings. The topological polar surface area (TPSA) is 102 Å². The molecule has 0 saturated carbocycles. The minimum atomic E-state index is -1.15. The van der Waals surface area contributed by atoms with Crippen molar-refractivity contribution >= 4 is 17.4 Å². The van der Waals surface area contributed by atoms with Crippen LogP contribution >= 0.6 is 11.6 Å². The second-order valence-corrected chi connectivity index (χ2v) is 8.89. The Kier molecular flexibility index (Phi) is 6.22. The van der Waals surface area contributed by atoms with Crippen LogP contribution in [0.15, 0.2) is 71.3 Å². The number of ether oxygens (including phenoxy) is 1. The molecule has 3 heterocycles. The Morgan fingerprint density at radius 1 is 1.26 bits per heavy atom. The minimum Gasteiger partial charge on any atom is -0.495 e. The van der Waals surface area contributed by atoms with Gasteiger partial charge in [0.25, 0.3) is 0 Å². The van der Waals surface area contributed by atoms with Gasteiger partial charge in [0.1, 0.15) is 28.9 Å². The van der Waals surface area contributed by atoms with Gasteiger partial charge in [0.05, 0.1) is 12.8 Å². The molecule has 0 bridgehead atoms. The van der Waals surface area contributed by atoms with Crippen molar-refractivity contribution in [2.24, 2.45) is 10.7 Å². The van der Waals surface area contributed by atoms with Gasteiger partial charge in [-0.2, -0.15) is 0 Å². The fraction of sp³-hybridized carbons (Fsp3) is 0.280. The number of rotatable bonds is 5. The number of methoxy groups -OCH3 is 1. The fourth-order valence-corrected chi connectivity index (χ4v) is 4.76. The molecule has 182 valence electrons. The van der Waals surface area contributed by atoms with E-state index in [-0.39, 0.29) is 11.7 Å². The third-order valence-electron chi connectivity index (χ3n) is 6.31. The van der Waals surface area contributed by atoms with Gasteiger partial charge in [-0.15, -0.1) is 0 Å². The number of nitrogens with two attached hydrogens (primary N) is 1. The largest absolute Gasteiger partial charge is 0.495 e. The van der Waals surface area contributed by atoms with E-state index in [0.29, 0.717) is 30.5 Å². The summed E-state index contributed by atoms with van der Waals surface area (Å²) in [4.78, 5) is 8.80. The van der Waals surface area contributed by atoms with Gasteiger partial charge in [-0.1, -0.05) is 29.8 Å². The highest BCUT2D eigenvalue weighted by Crippen LogP contribution is 2.35. The van der Waals surface area contributed by atoms with E-state index >= 15 is 0 Å². The number of benzene rings is 2. The molecular weight excluding hydrogens is 469 g/mol. The second-order valence-electron chi connectivity index (χ2n) is 8.50. The van der Waals surface area contributed by atoms with Crippen LogP contribution in [0.4, 0.5) is 4.39 Å². The van der Waals surface area contributed by atoms with Crippen molar-refractivity contribution in [3.63, 3.8) is 0 Å². The summed E-state index contributed by atoms with van der Waals surface area (Å²) >= 11 is 6.01. The van der Waals surface area contributed by atoms with E-state index in [0.717, 1.165) is 33.9 Å². The molecular formula is C25H27ClFN7O. The second kappa shape index (κ2) is 9.33. The number of hydrogen-bond donors (Lipinski definition) is 4. The number of halogens is 2. The average Bonchev–Trinajstić information content (AvgIpc) is 3.30. The first-order chi connectivity index (χ1) is 16.9. The SMILES string of the molecule is CCN=C1NC(N)(c2ccc(-n3cnc(Cl)c3)c(OC)c2)NC2=C1CNCC2c1ccc(F)cc1. The van der Waals surface area contributed by atoms with Crippen LogP contribution in [0, 0.1) is 5.82 Å². The number of nitrogens with one attached hydrogen (secondary N) is 3. The number of nitrogens with zero attached hydrogens (tertiary/aromatic N) is 3. The predicted octanol–water partition coefficient (Wildman–Crippen LogP) is 2.99. The fourth-order valence-electron chi connectivity index (χ4n) is 4.61. The summed E-state index contributed by atoms with van der Waals surface area (Å²) in [5, 5.41) is 10.8. The van der Waals surface area contributed by atoms with E-state index in [4.69, 9.17) is 27.1 Å². The zero-order chi connectivity index (χ0) is 24.6. The first-order valence-electron chi connectivity index (χ1n) is 11.4. The lowest BCUT2D eigenvalue weighted by atomic mass is 9.86. The van der Waals surface area contributed by atoms with E-state index < -0.39 is 5.79 Å². The maximum Gasteiger partial charge on any atom is 0.190 e. The van der Waals surface area contributed by atoms with Crippen molar-refractivity contribution in [2.45, 2.75) is 18.6 Å². The summed E-state index contributed by atoms with van der Waals surface area (Å²) in [6, 6.07) is 12.3. The van der Waals surface area contributed by atoms with Crippen molar-refractivity contribution in [1.82, 2.24) is 25.5 Å². The van der Waals surface area contributed by atoms with Crippen molar-refractivity contribution in [2.75, 3.05) is 26.7 Å². The van der Waals surface area contributed by atoms with E-state index in [1.54, 1.807) is 24.2 Å². The highest BCUT2D eigenvalue weighted by atomic mass is 35.5. The molecule has 0 aliphatic carbocycles. The van der Waals surface area contributed by atoms with Crippen LogP contribution in [-0.2, 0) is 5.79 Å². The van der Waals surface area contributed by atoms with E-state index in [9.17, 15) is 4.39 Å². The Morgan fingerprint density at radius 2 is 2.06 bits per heavy atom. The smallest absolute Gasteiger partial charge is 0.190 e. The molecule has 0 saturated heterocycles. The molecule has 5 rings (SSSR count). The number of imidazole rings is 1. The summed E-state index contributed by atoms with van der Waals surface area (Å²) in [6.45, 7) is 3.92. The van der Waals surface area contributed by atoms with Crippen molar-refractivity contribution < 1.29 is 9.13 Å². The number of hydrogen-bond acceptors (Lipinski definition) is 6. The van der Waals surface area contributed by atoms with E-state index in [2.05, 4.69) is 20.9 Å². The van der Waals surface area contributed by atoms with Crippen LogP contribution in [0.25, 0.3) is 5.69 Å². The molecule has 2 atom stereocenters. The first-order valence-corrected chi connectivity index (χ1v) is 11.8. The lowest BCUT2D eigenvalue weighted by Gasteiger charge is -2.44. The van der Waals surface area contributed by atoms with Gasteiger partial charge >= 0.3 is 0 Å². The van der Waals surface area contributed by atoms with Gasteiger partial charge in [0.2, 0.25) is 0 Å². The molecule has 8 nitrogen and oxygen atoms in total. The molecule has 0 spiro atoms. The summed E-state index contributed by atoms with van der Waals surface area (Å²) in [5.74, 6) is -0.119. The molecule has 2 aromatic carbocycles. The summed E-state index contributed by atoms with van der Waals surface area (Å²) < 4.78 is 21.1. The van der Waals surface area contributed by atoms with E-state index in [1.807, 2.05) is 37.3 Å². The highest BCUT2D eigenvalue weighted by Gasteiger charge is 2.40. The molecule has 0 fully saturated rings. The predicted molar refractivity (Wildman–Crippen MR) is 134 cm³/mol.